The van der Waals surface area contributed by atoms with Crippen LogP contribution >= 0.6 is 0 Å². The third-order valence-corrected chi connectivity index (χ3v) is 8.15. The van der Waals surface area contributed by atoms with Gasteiger partial charge in [0, 0.05) is 20.1 Å². The molecule has 0 bridgehead atoms. The summed E-state index contributed by atoms with van der Waals surface area (Å²) in [7, 11) is 0. The molecule has 0 saturated heterocycles. The van der Waals surface area contributed by atoms with Crippen molar-refractivity contribution in [3.8, 4) is 11.4 Å². The molecule has 0 aliphatic carbocycles. The first-order valence-electron chi connectivity index (χ1n) is 16.4. The van der Waals surface area contributed by atoms with Crippen molar-refractivity contribution in [3.05, 3.63) is 175 Å². The molecule has 9 rings (SSSR count). The molecular weight excluding hydrogens is 825 g/mol. The van der Waals surface area contributed by atoms with Crippen LogP contribution in [-0.2, 0) is 24.9 Å². The van der Waals surface area contributed by atoms with E-state index >= 15 is 0 Å². The molecule has 1 N–H and O–H groups in total. The molecule has 0 aliphatic heterocycles. The number of hydrogen-bond donors (Lipinski definition) is 1. The van der Waals surface area contributed by atoms with Gasteiger partial charge in [-0.15, -0.1) is 33.7 Å². The van der Waals surface area contributed by atoms with Gasteiger partial charge in [0.25, 0.3) is 0 Å². The van der Waals surface area contributed by atoms with Gasteiger partial charge in [-0.3, -0.25) is 4.79 Å². The van der Waals surface area contributed by atoms with E-state index < -0.39 is 0 Å². The number of carbonyl (C=O) groups excluding carboxylic acids is 1. The van der Waals surface area contributed by atoms with Gasteiger partial charge < -0.3 is 5.11 Å². The molecule has 0 spiro atoms. The van der Waals surface area contributed by atoms with Crippen molar-refractivity contribution in [2.75, 3.05) is 0 Å². The summed E-state index contributed by atoms with van der Waals surface area (Å²) >= 11 is 0. The van der Waals surface area contributed by atoms with Crippen LogP contribution in [0.25, 0.3) is 60.6 Å². The van der Waals surface area contributed by atoms with E-state index in [4.69, 9.17) is 0 Å². The van der Waals surface area contributed by atoms with Crippen LogP contribution in [0.3, 0.4) is 0 Å². The Morgan fingerprint density at radius 3 is 1.27 bits per heavy atom. The smallest absolute Gasteiger partial charge is 0.163 e. The van der Waals surface area contributed by atoms with Crippen molar-refractivity contribution in [1.82, 2.24) is 30.0 Å². The van der Waals surface area contributed by atoms with Crippen molar-refractivity contribution >= 4 is 55.0 Å². The van der Waals surface area contributed by atoms with Crippen LogP contribution in [0.1, 0.15) is 19.4 Å². The van der Waals surface area contributed by atoms with Crippen molar-refractivity contribution < 1.29 is 30.0 Å². The van der Waals surface area contributed by atoms with Gasteiger partial charge in [0.15, 0.2) is 5.78 Å². The van der Waals surface area contributed by atoms with E-state index in [-0.39, 0.29) is 31.6 Å². The Kier molecular flexibility index (Phi) is 11.0. The van der Waals surface area contributed by atoms with Gasteiger partial charge >= 0.3 is 0 Å². The zero-order valence-electron chi connectivity index (χ0n) is 28.3. The second kappa shape index (κ2) is 16.2. The molecule has 52 heavy (non-hydrogen) atoms. The van der Waals surface area contributed by atoms with Gasteiger partial charge in [-0.25, -0.2) is 0 Å². The maximum Gasteiger partial charge on any atom is 0.163 e. The zero-order chi connectivity index (χ0) is 35.2. The monoisotopic (exact) mass is 857 g/mol. The van der Waals surface area contributed by atoms with Gasteiger partial charge in [-0.2, -0.15) is 66.4 Å². The van der Waals surface area contributed by atoms with Crippen LogP contribution < -0.4 is 0 Å². The fourth-order valence-electron chi connectivity index (χ4n) is 5.81. The third-order valence-electron chi connectivity index (χ3n) is 8.15. The summed E-state index contributed by atoms with van der Waals surface area (Å²) in [4.78, 5) is 14.5. The standard InChI is InChI=1S/2C16H10N3.C11H12O2.Ir/c2*1-2-8-13-12(6-1)7-5-11-16(13)19-17-14-9-3-4-10-15(14)18-19;1-8(12)11(9(2)13)10-6-4-3-5-7-10;/h2*1-10H;3-7,12H,1-2H3;/q2*-1;;/b;;11-8+;. The largest absolute Gasteiger partial charge is 0.512 e. The Balaban J connectivity index is 0.000000136. The third kappa shape index (κ3) is 7.71. The van der Waals surface area contributed by atoms with E-state index in [1.807, 2.05) is 115 Å². The van der Waals surface area contributed by atoms with E-state index in [0.29, 0.717) is 5.57 Å². The molecule has 9 aromatic rings. The average molecular weight is 857 g/mol. The molecule has 257 valence electrons. The number of ketones is 1. The Morgan fingerprint density at radius 1 is 0.519 bits per heavy atom. The number of aromatic nitrogens is 6. The quantitative estimate of drug-likeness (QED) is 0.108. The van der Waals surface area contributed by atoms with Gasteiger partial charge in [0.1, 0.15) is 27.8 Å². The predicted molar refractivity (Wildman–Crippen MR) is 203 cm³/mol. The molecule has 0 atom stereocenters. The van der Waals surface area contributed by atoms with Gasteiger partial charge in [-0.05, 0) is 55.1 Å². The van der Waals surface area contributed by atoms with Crippen molar-refractivity contribution in [2.24, 2.45) is 0 Å². The number of allylic oxidation sites excluding steroid dienone is 2. The Morgan fingerprint density at radius 2 is 0.885 bits per heavy atom. The molecule has 9 heteroatoms. The minimum atomic E-state index is -0.119. The molecule has 0 fully saturated rings. The molecule has 8 nitrogen and oxygen atoms in total. The number of hydrogen-bond acceptors (Lipinski definition) is 6. The Hall–Kier alpha value is -6.28. The fraction of sp³-hybridized carbons (Fsp3) is 0.0465. The molecular formula is C43H32IrN6O2-2. The summed E-state index contributed by atoms with van der Waals surface area (Å²) < 4.78 is 0. The van der Waals surface area contributed by atoms with Gasteiger partial charge in [-0.1, -0.05) is 91.0 Å². The van der Waals surface area contributed by atoms with E-state index in [9.17, 15) is 9.90 Å². The SMILES string of the molecule is CC(=O)/C(=C(/C)O)c1ccccc1.[Ir].[c-]1ccc2ccccc2c1-n1nc2ccccc2n1.[c-]1ccc2ccccc2c1-n1nc2ccccc2n1. The molecule has 7 aromatic carbocycles. The first-order chi connectivity index (χ1) is 25.0. The first kappa shape index (κ1) is 35.5. The average Bonchev–Trinajstić information content (AvgIpc) is 3.80. The molecule has 2 aromatic heterocycles. The predicted octanol–water partition coefficient (Wildman–Crippen LogP) is 9.31. The number of carbonyl (C=O) groups is 1. The van der Waals surface area contributed by atoms with E-state index in [1.165, 1.54) is 13.8 Å². The van der Waals surface area contributed by atoms with E-state index in [2.05, 4.69) is 56.8 Å². The van der Waals surface area contributed by atoms with Crippen LogP contribution in [0.5, 0.6) is 0 Å². The number of nitrogens with zero attached hydrogens (tertiary/aromatic N) is 6. The van der Waals surface area contributed by atoms with Crippen molar-refractivity contribution in [3.63, 3.8) is 0 Å². The minimum absolute atomic E-state index is 0. The normalized spacial score (nSPS) is 11.2. The van der Waals surface area contributed by atoms with E-state index in [0.717, 1.165) is 60.5 Å². The van der Waals surface area contributed by atoms with Gasteiger partial charge in [0.2, 0.25) is 0 Å². The van der Waals surface area contributed by atoms with Crippen LogP contribution in [0.2, 0.25) is 0 Å². The van der Waals surface area contributed by atoms with Crippen LogP contribution in [-0.4, -0.2) is 40.9 Å². The molecule has 0 unspecified atom stereocenters. The summed E-state index contributed by atoms with van der Waals surface area (Å²) in [5.41, 5.74) is 6.49. The zero-order valence-corrected chi connectivity index (χ0v) is 30.7. The molecule has 1 radical (unpaired) electrons. The number of aliphatic hydroxyl groups excluding tert-OH is 1. The summed E-state index contributed by atoms with van der Waals surface area (Å²) in [5.74, 6) is -0.0510. The minimum Gasteiger partial charge on any atom is -0.512 e. The maximum absolute atomic E-state index is 11.2. The molecule has 0 amide bonds. The van der Waals surface area contributed by atoms with Crippen molar-refractivity contribution in [2.45, 2.75) is 13.8 Å². The number of rotatable bonds is 4. The second-order valence-corrected chi connectivity index (χ2v) is 11.7. The second-order valence-electron chi connectivity index (χ2n) is 11.7. The van der Waals surface area contributed by atoms with Crippen molar-refractivity contribution in [1.29, 1.82) is 0 Å². The molecule has 2 heterocycles. The Labute approximate surface area is 314 Å². The summed E-state index contributed by atoms with van der Waals surface area (Å²) in [5, 5.41) is 31.9. The maximum atomic E-state index is 11.2. The first-order valence-corrected chi connectivity index (χ1v) is 16.4. The number of fused-ring (bicyclic) bond motifs is 4. The number of Topliss-reactive ketones (excluding diaryl/α,β-unsaturated/α-hetero) is 1. The fourth-order valence-corrected chi connectivity index (χ4v) is 5.81. The van der Waals surface area contributed by atoms with Crippen LogP contribution in [0, 0.1) is 12.1 Å². The van der Waals surface area contributed by atoms with Gasteiger partial charge in [0.05, 0.1) is 5.57 Å². The number of benzene rings is 7. The van der Waals surface area contributed by atoms with E-state index in [1.54, 1.807) is 21.7 Å². The van der Waals surface area contributed by atoms with Crippen LogP contribution in [0.4, 0.5) is 0 Å². The Bertz CT molecular complexity index is 2430. The van der Waals surface area contributed by atoms with Crippen LogP contribution in [0.15, 0.2) is 157 Å². The number of aliphatic hydroxyl groups is 1. The summed E-state index contributed by atoms with van der Waals surface area (Å²) in [6.45, 7) is 2.96. The summed E-state index contributed by atoms with van der Waals surface area (Å²) in [6.07, 6.45) is 0. The topological polar surface area (TPSA) is 98.7 Å². The molecule has 0 aliphatic rings. The summed E-state index contributed by atoms with van der Waals surface area (Å²) in [6, 6.07) is 55.6. The molecule has 0 saturated carbocycles.